The second kappa shape index (κ2) is 5.16. The first-order valence-corrected chi connectivity index (χ1v) is 7.16. The van der Waals surface area contributed by atoms with Gasteiger partial charge in [-0.15, -0.1) is 0 Å². The van der Waals surface area contributed by atoms with Crippen LogP contribution < -0.4 is 11.1 Å². The lowest BCUT2D eigenvalue weighted by Crippen LogP contribution is -2.62. The van der Waals surface area contributed by atoms with Gasteiger partial charge in [-0.1, -0.05) is 0 Å². The predicted molar refractivity (Wildman–Crippen MR) is 83.8 cm³/mol. The van der Waals surface area contributed by atoms with Crippen LogP contribution in [0.4, 0.5) is 11.4 Å². The summed E-state index contributed by atoms with van der Waals surface area (Å²) < 4.78 is 0. The zero-order chi connectivity index (χ0) is 17.6. The molecule has 1 aliphatic heterocycles. The Labute approximate surface area is 134 Å². The topological polar surface area (TPSA) is 112 Å². The third-order valence-corrected chi connectivity index (χ3v) is 4.41. The summed E-state index contributed by atoms with van der Waals surface area (Å²) in [6.07, 6.45) is 2.11. The molecule has 1 aromatic carbocycles. The second-order valence-corrected chi connectivity index (χ2v) is 6.76. The molecule has 123 valence electrons. The van der Waals surface area contributed by atoms with Gasteiger partial charge in [-0.05, 0) is 24.3 Å². The quantitative estimate of drug-likeness (QED) is 0.449. The fourth-order valence-electron chi connectivity index (χ4n) is 2.80. The molecule has 1 atom stereocenters. The lowest BCUT2D eigenvalue weighted by atomic mass is 9.95. The van der Waals surface area contributed by atoms with E-state index >= 15 is 0 Å². The van der Waals surface area contributed by atoms with Gasteiger partial charge in [0.25, 0.3) is 5.91 Å². The van der Waals surface area contributed by atoms with E-state index in [2.05, 4.69) is 5.32 Å². The predicted octanol–water partition coefficient (Wildman–Crippen LogP) is 2.07. The first-order chi connectivity index (χ1) is 10.4. The third-order valence-electron chi connectivity index (χ3n) is 4.41. The van der Waals surface area contributed by atoms with E-state index in [9.17, 15) is 20.0 Å². The SMILES string of the molecule is CC1(C)C=C(C(=O)Nc2ccc(C=O)c(N)c2)C(C)(C)[N+]1([O])O. The lowest BCUT2D eigenvalue weighted by Gasteiger charge is -2.36. The number of carbonyl (C=O) groups is 2. The molecule has 1 aromatic rings. The Kier molecular flexibility index (Phi) is 3.84. The maximum Gasteiger partial charge on any atom is 0.258 e. The fourth-order valence-corrected chi connectivity index (χ4v) is 2.80. The van der Waals surface area contributed by atoms with Gasteiger partial charge in [-0.2, -0.15) is 5.21 Å². The zero-order valence-electron chi connectivity index (χ0n) is 13.6. The van der Waals surface area contributed by atoms with E-state index in [0.717, 1.165) is 0 Å². The number of carbonyl (C=O) groups excluding carboxylic acids is 2. The van der Waals surface area contributed by atoms with Crippen LogP contribution in [0.15, 0.2) is 29.8 Å². The number of benzene rings is 1. The number of aldehydes is 1. The molecule has 1 radical (unpaired) electrons. The Morgan fingerprint density at radius 1 is 1.30 bits per heavy atom. The maximum absolute atomic E-state index is 12.5. The van der Waals surface area contributed by atoms with Crippen molar-refractivity contribution >= 4 is 23.6 Å². The van der Waals surface area contributed by atoms with Gasteiger partial charge < -0.3 is 11.1 Å². The number of rotatable bonds is 3. The highest BCUT2D eigenvalue weighted by Crippen LogP contribution is 2.44. The van der Waals surface area contributed by atoms with Crippen molar-refractivity contribution in [3.63, 3.8) is 0 Å². The van der Waals surface area contributed by atoms with Crippen molar-refractivity contribution in [1.82, 2.24) is 0 Å². The summed E-state index contributed by atoms with van der Waals surface area (Å²) in [5.41, 5.74) is 4.42. The van der Waals surface area contributed by atoms with Crippen molar-refractivity contribution in [2.45, 2.75) is 38.8 Å². The summed E-state index contributed by atoms with van der Waals surface area (Å²) in [6.45, 7) is 6.17. The molecule has 4 N–H and O–H groups in total. The Hall–Kier alpha value is -2.22. The van der Waals surface area contributed by atoms with Gasteiger partial charge >= 0.3 is 0 Å². The molecule has 0 bridgehead atoms. The van der Waals surface area contributed by atoms with Crippen molar-refractivity contribution in [2.24, 2.45) is 0 Å². The number of nitrogen functional groups attached to an aromatic ring is 1. The standard InChI is InChI=1S/C16H21N3O4/c1-15(2)8-12(16(3,4)19(15,22)23)14(21)18-11-6-5-10(9-20)13(17)7-11/h5-9,22H,17H2,1-4H3,(H,18,21)/q+1. The number of nitrogens with one attached hydrogen (secondary N) is 1. The van der Waals surface area contributed by atoms with Gasteiger partial charge in [0.2, 0.25) is 0 Å². The average molecular weight is 319 g/mol. The van der Waals surface area contributed by atoms with Crippen LogP contribution in [0.5, 0.6) is 0 Å². The van der Waals surface area contributed by atoms with Crippen LogP contribution in [0.1, 0.15) is 38.1 Å². The molecule has 2 rings (SSSR count). The van der Waals surface area contributed by atoms with Gasteiger partial charge in [0.05, 0.1) is 10.8 Å². The number of amides is 1. The number of quaternary nitrogens is 1. The molecule has 0 fully saturated rings. The minimum absolute atomic E-state index is 0.193. The Morgan fingerprint density at radius 2 is 1.91 bits per heavy atom. The molecule has 0 aromatic heterocycles. The molecule has 0 saturated carbocycles. The number of nitrogens with zero attached hydrogens (tertiary/aromatic N) is 1. The fraction of sp³-hybridized carbons (Fsp3) is 0.375. The second-order valence-electron chi connectivity index (χ2n) is 6.76. The largest absolute Gasteiger partial charge is 0.398 e. The van der Waals surface area contributed by atoms with Gasteiger partial charge in [-0.3, -0.25) is 9.59 Å². The van der Waals surface area contributed by atoms with E-state index in [-0.39, 0.29) is 11.3 Å². The van der Waals surface area contributed by atoms with Crippen LogP contribution in [0.25, 0.3) is 0 Å². The summed E-state index contributed by atoms with van der Waals surface area (Å²) in [5.74, 6) is -0.494. The summed E-state index contributed by atoms with van der Waals surface area (Å²) in [4.78, 5) is 21.7. The molecular formula is C16H21N3O4+. The van der Waals surface area contributed by atoms with Gasteiger partial charge in [0.15, 0.2) is 17.4 Å². The van der Waals surface area contributed by atoms with E-state index in [1.807, 2.05) is 0 Å². The van der Waals surface area contributed by atoms with Crippen LogP contribution >= 0.6 is 0 Å². The van der Waals surface area contributed by atoms with E-state index in [0.29, 0.717) is 17.5 Å². The molecule has 1 heterocycles. The molecule has 23 heavy (non-hydrogen) atoms. The molecule has 7 heteroatoms. The highest BCUT2D eigenvalue weighted by atomic mass is 16.8. The highest BCUT2D eigenvalue weighted by Gasteiger charge is 2.65. The van der Waals surface area contributed by atoms with Crippen LogP contribution in [0, 0.1) is 0 Å². The van der Waals surface area contributed by atoms with Crippen molar-refractivity contribution in [3.05, 3.63) is 35.4 Å². The number of anilines is 2. The van der Waals surface area contributed by atoms with Crippen molar-refractivity contribution in [2.75, 3.05) is 11.1 Å². The molecular weight excluding hydrogens is 298 g/mol. The van der Waals surface area contributed by atoms with E-state index in [1.54, 1.807) is 19.9 Å². The number of hydrogen-bond acceptors (Lipinski definition) is 4. The van der Waals surface area contributed by atoms with Crippen LogP contribution in [0.2, 0.25) is 0 Å². The van der Waals surface area contributed by atoms with Gasteiger partial charge in [-0.25, -0.2) is 0 Å². The van der Waals surface area contributed by atoms with Crippen LogP contribution in [0.3, 0.4) is 0 Å². The minimum atomic E-state index is -1.56. The molecule has 0 aliphatic carbocycles. The number of hydroxylamine groups is 4. The maximum atomic E-state index is 12.5. The normalized spacial score (nSPS) is 20.7. The first kappa shape index (κ1) is 17.1. The van der Waals surface area contributed by atoms with E-state index < -0.39 is 21.8 Å². The average Bonchev–Trinajstić information content (AvgIpc) is 2.56. The number of nitrogens with two attached hydrogens (primary N) is 1. The van der Waals surface area contributed by atoms with Crippen molar-refractivity contribution in [3.8, 4) is 0 Å². The van der Waals surface area contributed by atoms with E-state index in [1.165, 1.54) is 32.1 Å². The van der Waals surface area contributed by atoms with Crippen LogP contribution in [-0.2, 0) is 10.0 Å². The lowest BCUT2D eigenvalue weighted by molar-refractivity contribution is -1.31. The Morgan fingerprint density at radius 3 is 2.35 bits per heavy atom. The first-order valence-electron chi connectivity index (χ1n) is 7.16. The van der Waals surface area contributed by atoms with E-state index in [4.69, 9.17) is 5.73 Å². The van der Waals surface area contributed by atoms with Crippen molar-refractivity contribution in [1.29, 1.82) is 0 Å². The summed E-state index contributed by atoms with van der Waals surface area (Å²) in [5, 5.41) is 25.4. The highest BCUT2D eigenvalue weighted by molar-refractivity contribution is 6.06. The molecule has 1 amide bonds. The third kappa shape index (κ3) is 2.52. The molecule has 1 unspecified atom stereocenters. The van der Waals surface area contributed by atoms with Crippen molar-refractivity contribution < 1.29 is 24.8 Å². The zero-order valence-corrected chi connectivity index (χ0v) is 13.6. The summed E-state index contributed by atoms with van der Waals surface area (Å²) in [6, 6.07) is 4.51. The molecule has 1 aliphatic rings. The minimum Gasteiger partial charge on any atom is -0.398 e. The molecule has 0 spiro atoms. The summed E-state index contributed by atoms with van der Waals surface area (Å²) in [7, 11) is 0. The van der Waals surface area contributed by atoms with Gasteiger partial charge in [0.1, 0.15) is 0 Å². The van der Waals surface area contributed by atoms with Crippen LogP contribution in [-0.4, -0.2) is 33.3 Å². The smallest absolute Gasteiger partial charge is 0.258 e. The number of hydrogen-bond donors (Lipinski definition) is 3. The van der Waals surface area contributed by atoms with Gasteiger partial charge in [0, 0.05) is 49.4 Å². The molecule has 7 nitrogen and oxygen atoms in total. The monoisotopic (exact) mass is 319 g/mol. The Bertz CT molecular complexity index is 705. The summed E-state index contributed by atoms with van der Waals surface area (Å²) >= 11 is 0. The Balaban J connectivity index is 2.31. The molecule has 0 saturated heterocycles.